The summed E-state index contributed by atoms with van der Waals surface area (Å²) in [6.07, 6.45) is 1.19. The van der Waals surface area contributed by atoms with Gasteiger partial charge in [-0.25, -0.2) is 4.39 Å². The van der Waals surface area contributed by atoms with E-state index in [2.05, 4.69) is 0 Å². The Hall–Kier alpha value is -3.35. The Morgan fingerprint density at radius 2 is 1.75 bits per heavy atom. The molecule has 1 unspecified atom stereocenters. The first-order valence-electron chi connectivity index (χ1n) is 9.06. The molecule has 1 amide bonds. The fraction of sp³-hybridized carbons (Fsp3) is 0.238. The van der Waals surface area contributed by atoms with Crippen LogP contribution in [-0.2, 0) is 9.59 Å². The van der Waals surface area contributed by atoms with Crippen LogP contribution in [0.3, 0.4) is 0 Å². The maximum atomic E-state index is 14.4. The van der Waals surface area contributed by atoms with Crippen molar-refractivity contribution in [1.29, 1.82) is 0 Å². The predicted molar refractivity (Wildman–Crippen MR) is 100 cm³/mol. The molecule has 0 spiro atoms. The average Bonchev–Trinajstić information content (AvgIpc) is 2.68. The molecule has 28 heavy (non-hydrogen) atoms. The lowest BCUT2D eigenvalue weighted by Crippen LogP contribution is -2.41. The van der Waals surface area contributed by atoms with Crippen molar-refractivity contribution in [2.24, 2.45) is 0 Å². The maximum Gasteiger partial charge on any atom is 0.293 e. The van der Waals surface area contributed by atoms with Gasteiger partial charge in [0.15, 0.2) is 5.78 Å². The van der Waals surface area contributed by atoms with Gasteiger partial charge in [-0.3, -0.25) is 24.6 Å². The van der Waals surface area contributed by atoms with Crippen molar-refractivity contribution >= 4 is 23.1 Å². The largest absolute Gasteiger partial charge is 0.294 e. The lowest BCUT2D eigenvalue weighted by Gasteiger charge is -2.38. The summed E-state index contributed by atoms with van der Waals surface area (Å²) in [5, 5.41) is 11.5. The lowest BCUT2D eigenvalue weighted by atomic mass is 9.77. The Labute approximate surface area is 160 Å². The van der Waals surface area contributed by atoms with E-state index in [1.165, 1.54) is 29.2 Å². The number of carbonyl (C=O) groups excluding carboxylic acids is 2. The molecule has 0 saturated heterocycles. The van der Waals surface area contributed by atoms with Crippen molar-refractivity contribution in [2.45, 2.75) is 31.6 Å². The highest BCUT2D eigenvalue weighted by Crippen LogP contribution is 2.45. The van der Waals surface area contributed by atoms with Gasteiger partial charge in [-0.2, -0.15) is 0 Å². The van der Waals surface area contributed by atoms with E-state index in [0.717, 1.165) is 0 Å². The fourth-order valence-corrected chi connectivity index (χ4v) is 4.10. The number of halogens is 1. The Kier molecular flexibility index (Phi) is 4.50. The summed E-state index contributed by atoms with van der Waals surface area (Å²) in [6.45, 7) is 0. The lowest BCUT2D eigenvalue weighted by molar-refractivity contribution is -0.384. The van der Waals surface area contributed by atoms with Gasteiger partial charge >= 0.3 is 0 Å². The van der Waals surface area contributed by atoms with Crippen molar-refractivity contribution in [2.75, 3.05) is 4.90 Å². The summed E-state index contributed by atoms with van der Waals surface area (Å²) in [6, 6.07) is 12.1. The van der Waals surface area contributed by atoms with Gasteiger partial charge in [0.25, 0.3) is 5.69 Å². The number of carbonyl (C=O) groups is 2. The van der Waals surface area contributed by atoms with Gasteiger partial charge < -0.3 is 0 Å². The van der Waals surface area contributed by atoms with Crippen LogP contribution in [-0.4, -0.2) is 16.6 Å². The number of ketones is 1. The van der Waals surface area contributed by atoms with E-state index in [1.54, 1.807) is 24.3 Å². The number of amides is 1. The molecular formula is C21H17FN2O4. The zero-order valence-electron chi connectivity index (χ0n) is 14.9. The third-order valence-electron chi connectivity index (χ3n) is 5.28. The number of hydrogen-bond donors (Lipinski definition) is 0. The van der Waals surface area contributed by atoms with E-state index in [1.807, 2.05) is 0 Å². The second kappa shape index (κ2) is 6.99. The number of nitro groups is 1. The Bertz CT molecular complexity index is 1030. The molecule has 1 heterocycles. The Morgan fingerprint density at radius 3 is 2.50 bits per heavy atom. The maximum absolute atomic E-state index is 14.4. The molecule has 0 bridgehead atoms. The van der Waals surface area contributed by atoms with Crippen LogP contribution in [0.15, 0.2) is 59.8 Å². The van der Waals surface area contributed by atoms with E-state index >= 15 is 0 Å². The highest BCUT2D eigenvalue weighted by molar-refractivity contribution is 6.08. The van der Waals surface area contributed by atoms with Crippen molar-refractivity contribution in [1.82, 2.24) is 0 Å². The first-order valence-corrected chi connectivity index (χ1v) is 9.06. The minimum Gasteiger partial charge on any atom is -0.294 e. The van der Waals surface area contributed by atoms with Crippen LogP contribution >= 0.6 is 0 Å². The first-order chi connectivity index (χ1) is 13.5. The monoisotopic (exact) mass is 380 g/mol. The summed E-state index contributed by atoms with van der Waals surface area (Å²) in [7, 11) is 0. The molecule has 0 N–H and O–H groups in total. The molecule has 2 aliphatic rings. The first kappa shape index (κ1) is 18.0. The minimum atomic E-state index is -0.671. The second-order valence-corrected chi connectivity index (χ2v) is 6.89. The Morgan fingerprint density at radius 1 is 1.04 bits per heavy atom. The van der Waals surface area contributed by atoms with Crippen LogP contribution < -0.4 is 4.90 Å². The summed E-state index contributed by atoms with van der Waals surface area (Å²) in [5.41, 5.74) is 1.10. The zero-order valence-corrected chi connectivity index (χ0v) is 14.9. The average molecular weight is 380 g/mol. The molecule has 1 aliphatic heterocycles. The van der Waals surface area contributed by atoms with E-state index in [-0.39, 0.29) is 29.5 Å². The van der Waals surface area contributed by atoms with Crippen LogP contribution in [0.25, 0.3) is 0 Å². The fourth-order valence-electron chi connectivity index (χ4n) is 4.10. The van der Waals surface area contributed by atoms with Crippen LogP contribution in [0.2, 0.25) is 0 Å². The van der Waals surface area contributed by atoms with E-state index < -0.39 is 16.7 Å². The number of para-hydroxylation sites is 2. The summed E-state index contributed by atoms with van der Waals surface area (Å²) < 4.78 is 14.4. The van der Waals surface area contributed by atoms with Gasteiger partial charge in [0.2, 0.25) is 5.91 Å². The van der Waals surface area contributed by atoms with E-state index in [0.29, 0.717) is 36.1 Å². The van der Waals surface area contributed by atoms with Crippen LogP contribution in [0, 0.1) is 15.9 Å². The molecule has 142 valence electrons. The summed E-state index contributed by atoms with van der Waals surface area (Å²) in [4.78, 5) is 38.0. The molecule has 0 aromatic heterocycles. The third kappa shape index (κ3) is 2.89. The SMILES string of the molecule is O=C1CCCC2=C1C(c1ccccc1F)CC(=O)N2c1ccccc1[N+](=O)[O-]. The number of allylic oxidation sites excluding steroid dienone is 2. The van der Waals surface area contributed by atoms with Gasteiger partial charge in [0.05, 0.1) is 4.92 Å². The van der Waals surface area contributed by atoms with Crippen LogP contribution in [0.4, 0.5) is 15.8 Å². The number of benzene rings is 2. The van der Waals surface area contributed by atoms with Crippen LogP contribution in [0.1, 0.15) is 37.2 Å². The smallest absolute Gasteiger partial charge is 0.293 e. The molecule has 7 heteroatoms. The number of nitrogens with zero attached hydrogens (tertiary/aromatic N) is 2. The molecule has 1 atom stereocenters. The molecule has 0 fully saturated rings. The summed E-state index contributed by atoms with van der Waals surface area (Å²) >= 11 is 0. The number of nitro benzene ring substituents is 1. The molecule has 6 nitrogen and oxygen atoms in total. The quantitative estimate of drug-likeness (QED) is 0.589. The highest BCUT2D eigenvalue weighted by Gasteiger charge is 2.42. The molecule has 1 aliphatic carbocycles. The van der Waals surface area contributed by atoms with Gasteiger partial charge in [-0.05, 0) is 30.5 Å². The van der Waals surface area contributed by atoms with Crippen molar-refractivity contribution in [3.63, 3.8) is 0 Å². The van der Waals surface area contributed by atoms with Gasteiger partial charge in [0.1, 0.15) is 11.5 Å². The number of hydrogen-bond acceptors (Lipinski definition) is 4. The van der Waals surface area contributed by atoms with Gasteiger partial charge in [-0.15, -0.1) is 0 Å². The van der Waals surface area contributed by atoms with E-state index in [9.17, 15) is 24.1 Å². The van der Waals surface area contributed by atoms with Crippen molar-refractivity contribution in [3.8, 4) is 0 Å². The van der Waals surface area contributed by atoms with Gasteiger partial charge in [0, 0.05) is 36.1 Å². The molecular weight excluding hydrogens is 363 g/mol. The number of rotatable bonds is 3. The predicted octanol–water partition coefficient (Wildman–Crippen LogP) is 4.26. The Balaban J connectivity index is 1.92. The molecule has 0 saturated carbocycles. The zero-order chi connectivity index (χ0) is 19.8. The second-order valence-electron chi connectivity index (χ2n) is 6.89. The number of anilines is 1. The molecule has 2 aromatic rings. The topological polar surface area (TPSA) is 80.5 Å². The molecule has 0 radical (unpaired) electrons. The van der Waals surface area contributed by atoms with Crippen LogP contribution in [0.5, 0.6) is 0 Å². The van der Waals surface area contributed by atoms with Gasteiger partial charge in [-0.1, -0.05) is 30.3 Å². The van der Waals surface area contributed by atoms with Crippen molar-refractivity contribution in [3.05, 3.63) is 81.3 Å². The molecule has 2 aromatic carbocycles. The highest BCUT2D eigenvalue weighted by atomic mass is 19.1. The van der Waals surface area contributed by atoms with Crippen molar-refractivity contribution < 1.29 is 18.9 Å². The third-order valence-corrected chi connectivity index (χ3v) is 5.28. The molecule has 4 rings (SSSR count). The number of Topliss-reactive ketones (excluding diaryl/α,β-unsaturated/α-hetero) is 1. The normalized spacial score (nSPS) is 19.6. The minimum absolute atomic E-state index is 0.114. The summed E-state index contributed by atoms with van der Waals surface area (Å²) in [5.74, 6) is -1.65. The standard InChI is InChI=1S/C21H17FN2O4/c22-15-7-2-1-6-13(15)14-12-20(26)23(18-10-5-11-19(25)21(14)18)16-8-3-4-9-17(16)24(27)28/h1-4,6-9,14H,5,10-12H2. The van der Waals surface area contributed by atoms with E-state index in [4.69, 9.17) is 0 Å².